The fraction of sp³-hybridized carbons (Fsp3) is 0.160. The number of hydrogen-bond acceptors (Lipinski definition) is 7. The molecule has 0 radical (unpaired) electrons. The average molecular weight is 477 g/mol. The minimum atomic E-state index is -3.62. The molecule has 4 rings (SSSR count). The molecule has 0 saturated carbocycles. The van der Waals surface area contributed by atoms with E-state index in [4.69, 9.17) is 10.2 Å². The maximum atomic E-state index is 12.9. The summed E-state index contributed by atoms with van der Waals surface area (Å²) < 4.78 is 31.5. The van der Waals surface area contributed by atoms with Crippen LogP contribution in [0.2, 0.25) is 0 Å². The number of hydrogen-bond donors (Lipinski definition) is 2. The number of benzene rings is 2. The first-order valence-corrected chi connectivity index (χ1v) is 12.3. The van der Waals surface area contributed by atoms with Crippen LogP contribution in [0.3, 0.4) is 0 Å². The fourth-order valence-electron chi connectivity index (χ4n) is 3.37. The fourth-order valence-corrected chi connectivity index (χ4v) is 4.78. The third kappa shape index (κ3) is 5.38. The van der Waals surface area contributed by atoms with Gasteiger partial charge in [-0.25, -0.2) is 13.4 Å². The lowest BCUT2D eigenvalue weighted by atomic mass is 10.1. The van der Waals surface area contributed by atoms with Crippen LogP contribution < -0.4 is 11.1 Å². The third-order valence-electron chi connectivity index (χ3n) is 5.28. The highest BCUT2D eigenvalue weighted by atomic mass is 32.2. The molecule has 2 heterocycles. The summed E-state index contributed by atoms with van der Waals surface area (Å²) in [6, 6.07) is 17.0. The number of carbonyl (C=O) groups is 1. The summed E-state index contributed by atoms with van der Waals surface area (Å²) >= 11 is 0. The molecular weight excluding hydrogens is 452 g/mol. The van der Waals surface area contributed by atoms with Crippen LogP contribution in [-0.2, 0) is 28.7 Å². The molecule has 0 bridgehead atoms. The van der Waals surface area contributed by atoms with Gasteiger partial charge in [0, 0.05) is 36.6 Å². The number of aryl methyl sites for hydroxylation is 1. The van der Waals surface area contributed by atoms with E-state index in [1.165, 1.54) is 0 Å². The molecule has 4 aromatic rings. The topological polar surface area (TPSA) is 128 Å². The van der Waals surface area contributed by atoms with Gasteiger partial charge < -0.3 is 15.5 Å². The van der Waals surface area contributed by atoms with Crippen LogP contribution in [0.15, 0.2) is 82.4 Å². The second-order valence-corrected chi connectivity index (χ2v) is 9.74. The summed E-state index contributed by atoms with van der Waals surface area (Å²) in [6.45, 7) is 2.31. The Hall–Kier alpha value is -3.82. The van der Waals surface area contributed by atoms with E-state index < -0.39 is 9.84 Å². The lowest BCUT2D eigenvalue weighted by Crippen LogP contribution is -2.22. The summed E-state index contributed by atoms with van der Waals surface area (Å²) in [6.07, 6.45) is 3.37. The van der Waals surface area contributed by atoms with Crippen molar-refractivity contribution in [3.8, 4) is 11.5 Å². The number of nitrogens with one attached hydrogen (secondary N) is 1. The molecule has 9 heteroatoms. The third-order valence-corrected chi connectivity index (χ3v) is 6.91. The smallest absolute Gasteiger partial charge is 0.251 e. The Kier molecular flexibility index (Phi) is 6.85. The number of carbonyl (C=O) groups excluding carboxylic acids is 1. The maximum Gasteiger partial charge on any atom is 0.251 e. The van der Waals surface area contributed by atoms with Gasteiger partial charge in [-0.3, -0.25) is 9.78 Å². The van der Waals surface area contributed by atoms with Crippen LogP contribution in [0, 0.1) is 6.92 Å². The van der Waals surface area contributed by atoms with Gasteiger partial charge in [0.05, 0.1) is 10.6 Å². The molecular formula is C25H24N4O4S. The summed E-state index contributed by atoms with van der Waals surface area (Å²) in [5.74, 6) is 0.212. The lowest BCUT2D eigenvalue weighted by Gasteiger charge is -2.05. The van der Waals surface area contributed by atoms with Gasteiger partial charge in [-0.05, 0) is 60.5 Å². The van der Waals surface area contributed by atoms with Gasteiger partial charge in [-0.1, -0.05) is 18.2 Å². The predicted octanol–water partition coefficient (Wildman–Crippen LogP) is 3.41. The SMILES string of the molecule is Cc1oc(-c2ccc(C(=O)NCc3cccnc3)cc2)nc1CS(=O)(=O)c1cccc(CN)c1. The van der Waals surface area contributed by atoms with Crippen LogP contribution in [0.25, 0.3) is 11.5 Å². The Morgan fingerprint density at radius 1 is 1.06 bits per heavy atom. The largest absolute Gasteiger partial charge is 0.441 e. The second-order valence-electron chi connectivity index (χ2n) is 7.75. The standard InChI is InChI=1S/C25H24N4O4S/c1-17-23(16-34(31,32)22-6-2-4-18(12-22)13-26)29-25(33-17)21-9-7-20(8-10-21)24(30)28-15-19-5-3-11-27-14-19/h2-12,14H,13,15-16,26H2,1H3,(H,28,30). The van der Waals surface area contributed by atoms with Gasteiger partial charge >= 0.3 is 0 Å². The van der Waals surface area contributed by atoms with E-state index in [1.54, 1.807) is 67.8 Å². The van der Waals surface area contributed by atoms with Gasteiger partial charge in [-0.15, -0.1) is 0 Å². The van der Waals surface area contributed by atoms with Crippen molar-refractivity contribution in [1.82, 2.24) is 15.3 Å². The molecule has 34 heavy (non-hydrogen) atoms. The summed E-state index contributed by atoms with van der Waals surface area (Å²) in [5, 5.41) is 2.84. The van der Waals surface area contributed by atoms with E-state index in [-0.39, 0.29) is 23.1 Å². The zero-order valence-electron chi connectivity index (χ0n) is 18.6. The van der Waals surface area contributed by atoms with E-state index >= 15 is 0 Å². The second kappa shape index (κ2) is 9.98. The number of pyridine rings is 1. The number of amides is 1. The van der Waals surface area contributed by atoms with E-state index in [9.17, 15) is 13.2 Å². The first-order valence-electron chi connectivity index (χ1n) is 10.6. The first-order chi connectivity index (χ1) is 16.4. The summed E-state index contributed by atoms with van der Waals surface area (Å²) in [5.41, 5.74) is 8.73. The van der Waals surface area contributed by atoms with Gasteiger partial charge in [0.25, 0.3) is 5.91 Å². The van der Waals surface area contributed by atoms with Crippen LogP contribution in [0.4, 0.5) is 0 Å². The van der Waals surface area contributed by atoms with Crippen molar-refractivity contribution in [2.45, 2.75) is 30.7 Å². The van der Waals surface area contributed by atoms with E-state index in [1.807, 2.05) is 12.1 Å². The lowest BCUT2D eigenvalue weighted by molar-refractivity contribution is 0.0951. The molecule has 0 spiro atoms. The summed E-state index contributed by atoms with van der Waals surface area (Å²) in [4.78, 5) is 21.0. The number of nitrogens with zero attached hydrogens (tertiary/aromatic N) is 2. The van der Waals surface area contributed by atoms with Crippen molar-refractivity contribution >= 4 is 15.7 Å². The molecule has 2 aromatic heterocycles. The minimum absolute atomic E-state index is 0.195. The first kappa shape index (κ1) is 23.3. The van der Waals surface area contributed by atoms with Crippen molar-refractivity contribution in [2.24, 2.45) is 5.73 Å². The molecule has 0 unspecified atom stereocenters. The van der Waals surface area contributed by atoms with Crippen molar-refractivity contribution in [1.29, 1.82) is 0 Å². The summed E-state index contributed by atoms with van der Waals surface area (Å²) in [7, 11) is -3.62. The van der Waals surface area contributed by atoms with Crippen LogP contribution in [-0.4, -0.2) is 24.3 Å². The Bertz CT molecular complexity index is 1400. The number of sulfone groups is 1. The van der Waals surface area contributed by atoms with Crippen molar-refractivity contribution in [3.63, 3.8) is 0 Å². The van der Waals surface area contributed by atoms with Crippen LogP contribution >= 0.6 is 0 Å². The number of oxazole rings is 1. The zero-order chi connectivity index (χ0) is 24.1. The predicted molar refractivity (Wildman–Crippen MR) is 127 cm³/mol. The molecule has 174 valence electrons. The van der Waals surface area contributed by atoms with Crippen LogP contribution in [0.5, 0.6) is 0 Å². The molecule has 2 aromatic carbocycles. The van der Waals surface area contributed by atoms with Crippen molar-refractivity contribution < 1.29 is 17.6 Å². The van der Waals surface area contributed by atoms with Gasteiger partial charge in [0.1, 0.15) is 11.5 Å². The highest BCUT2D eigenvalue weighted by Crippen LogP contribution is 2.25. The van der Waals surface area contributed by atoms with Crippen molar-refractivity contribution in [2.75, 3.05) is 0 Å². The highest BCUT2D eigenvalue weighted by molar-refractivity contribution is 7.90. The molecule has 0 aliphatic carbocycles. The van der Waals surface area contributed by atoms with Gasteiger partial charge in [0.2, 0.25) is 5.89 Å². The van der Waals surface area contributed by atoms with Crippen molar-refractivity contribution in [3.05, 3.63) is 101 Å². The highest BCUT2D eigenvalue weighted by Gasteiger charge is 2.21. The van der Waals surface area contributed by atoms with Gasteiger partial charge in [-0.2, -0.15) is 0 Å². The number of aromatic nitrogens is 2. The molecule has 0 atom stereocenters. The molecule has 0 fully saturated rings. The Morgan fingerprint density at radius 3 is 2.53 bits per heavy atom. The molecule has 8 nitrogen and oxygen atoms in total. The molecule has 1 amide bonds. The van der Waals surface area contributed by atoms with E-state index in [0.717, 1.165) is 11.1 Å². The Labute approximate surface area is 197 Å². The molecule has 0 aliphatic rings. The molecule has 0 aliphatic heterocycles. The Balaban J connectivity index is 1.46. The number of nitrogens with two attached hydrogens (primary N) is 1. The minimum Gasteiger partial charge on any atom is -0.441 e. The normalized spacial score (nSPS) is 11.4. The number of rotatable bonds is 8. The average Bonchev–Trinajstić information content (AvgIpc) is 3.22. The van der Waals surface area contributed by atoms with E-state index in [2.05, 4.69) is 15.3 Å². The maximum absolute atomic E-state index is 12.9. The molecule has 0 saturated heterocycles. The van der Waals surface area contributed by atoms with Gasteiger partial charge in [0.15, 0.2) is 9.84 Å². The zero-order valence-corrected chi connectivity index (χ0v) is 19.4. The molecule has 3 N–H and O–H groups in total. The monoisotopic (exact) mass is 476 g/mol. The van der Waals surface area contributed by atoms with E-state index in [0.29, 0.717) is 35.0 Å². The van der Waals surface area contributed by atoms with Crippen LogP contribution in [0.1, 0.15) is 32.9 Å². The Morgan fingerprint density at radius 2 is 1.82 bits per heavy atom. The quantitative estimate of drug-likeness (QED) is 0.399.